The monoisotopic (exact) mass is 304 g/mol. The Morgan fingerprint density at radius 2 is 2.10 bits per heavy atom. The van der Waals surface area contributed by atoms with Gasteiger partial charge in [-0.05, 0) is 31.5 Å². The van der Waals surface area contributed by atoms with E-state index in [0.29, 0.717) is 12.2 Å². The fourth-order valence-electron chi connectivity index (χ4n) is 2.45. The summed E-state index contributed by atoms with van der Waals surface area (Å²) in [6.45, 7) is 1.53. The van der Waals surface area contributed by atoms with Crippen LogP contribution in [0.2, 0.25) is 0 Å². The lowest BCUT2D eigenvalue weighted by Gasteiger charge is -2.25. The fourth-order valence-corrected chi connectivity index (χ4v) is 3.43. The van der Waals surface area contributed by atoms with Gasteiger partial charge in [0.1, 0.15) is 0 Å². The van der Waals surface area contributed by atoms with E-state index in [0.717, 1.165) is 19.4 Å². The van der Waals surface area contributed by atoms with Crippen molar-refractivity contribution in [1.82, 2.24) is 5.32 Å². The van der Waals surface area contributed by atoms with Gasteiger partial charge in [-0.25, -0.2) is 8.42 Å². The van der Waals surface area contributed by atoms with Gasteiger partial charge in [-0.2, -0.15) is 8.78 Å². The topological polar surface area (TPSA) is 49.4 Å². The molecule has 1 aliphatic rings. The zero-order chi connectivity index (χ0) is 14.8. The van der Waals surface area contributed by atoms with Crippen molar-refractivity contribution in [3.05, 3.63) is 24.3 Å². The molecular weight excluding hydrogens is 286 g/mol. The number of hydrogen-bond acceptors (Lipinski definition) is 4. The van der Waals surface area contributed by atoms with Gasteiger partial charge in [-0.15, -0.1) is 0 Å². The molecule has 7 heteroatoms. The summed E-state index contributed by atoms with van der Waals surface area (Å²) in [5, 5.41) is 3.30. The molecule has 1 aromatic carbocycles. The van der Waals surface area contributed by atoms with Crippen molar-refractivity contribution in [2.24, 2.45) is 0 Å². The van der Waals surface area contributed by atoms with Crippen molar-refractivity contribution in [2.45, 2.75) is 29.5 Å². The van der Waals surface area contributed by atoms with E-state index in [1.807, 2.05) is 0 Å². The highest BCUT2D eigenvalue weighted by Crippen LogP contribution is 2.28. The number of nitrogens with zero attached hydrogens (tertiary/aromatic N) is 1. The van der Waals surface area contributed by atoms with E-state index in [-0.39, 0.29) is 10.9 Å². The van der Waals surface area contributed by atoms with E-state index in [4.69, 9.17) is 0 Å². The normalized spacial score (nSPS) is 19.5. The molecule has 0 aromatic heterocycles. The predicted molar refractivity (Wildman–Crippen MR) is 73.9 cm³/mol. The summed E-state index contributed by atoms with van der Waals surface area (Å²) < 4.78 is 48.9. The van der Waals surface area contributed by atoms with Crippen LogP contribution in [0.5, 0.6) is 0 Å². The van der Waals surface area contributed by atoms with Crippen LogP contribution >= 0.6 is 0 Å². The molecular formula is C13H18F2N2O2S. The molecule has 0 radical (unpaired) electrons. The standard InChI is InChI=1S/C13H18F2N2O2S/c1-17(9-10-5-4-8-16-10)11-6-2-3-7-12(11)20(18,19)13(14)15/h2-3,6-7,10,13,16H,4-5,8-9H2,1H3. The number of benzene rings is 1. The predicted octanol–water partition coefficient (Wildman–Crippen LogP) is 1.87. The molecule has 1 fully saturated rings. The first-order chi connectivity index (χ1) is 9.43. The Hall–Kier alpha value is -1.21. The minimum atomic E-state index is -4.58. The van der Waals surface area contributed by atoms with Crippen molar-refractivity contribution >= 4 is 15.5 Å². The van der Waals surface area contributed by atoms with E-state index >= 15 is 0 Å². The summed E-state index contributed by atoms with van der Waals surface area (Å²) in [5.74, 6) is -3.40. The van der Waals surface area contributed by atoms with Crippen molar-refractivity contribution in [3.63, 3.8) is 0 Å². The molecule has 1 N–H and O–H groups in total. The molecule has 0 aliphatic carbocycles. The largest absolute Gasteiger partial charge is 0.372 e. The molecule has 0 bridgehead atoms. The van der Waals surface area contributed by atoms with E-state index in [1.165, 1.54) is 12.1 Å². The van der Waals surface area contributed by atoms with E-state index in [9.17, 15) is 17.2 Å². The summed E-state index contributed by atoms with van der Waals surface area (Å²) in [5.41, 5.74) is 0.321. The van der Waals surface area contributed by atoms with Crippen LogP contribution in [0.4, 0.5) is 14.5 Å². The van der Waals surface area contributed by atoms with Crippen molar-refractivity contribution in [2.75, 3.05) is 25.0 Å². The van der Waals surface area contributed by atoms with Crippen LogP contribution in [0.15, 0.2) is 29.2 Å². The first-order valence-electron chi connectivity index (χ1n) is 6.48. The Kier molecular flexibility index (Phi) is 4.59. The lowest BCUT2D eigenvalue weighted by molar-refractivity contribution is 0.235. The SMILES string of the molecule is CN(CC1CCCN1)c1ccccc1S(=O)(=O)C(F)F. The fraction of sp³-hybridized carbons (Fsp3) is 0.538. The first kappa shape index (κ1) is 15.2. The zero-order valence-electron chi connectivity index (χ0n) is 11.2. The number of likely N-dealkylation sites (N-methyl/N-ethyl adjacent to an activating group) is 1. The van der Waals surface area contributed by atoms with E-state index in [1.54, 1.807) is 24.1 Å². The number of sulfone groups is 1. The first-order valence-corrected chi connectivity index (χ1v) is 8.03. The molecule has 1 unspecified atom stereocenters. The number of nitrogens with one attached hydrogen (secondary N) is 1. The highest BCUT2D eigenvalue weighted by Gasteiger charge is 2.30. The third-order valence-corrected chi connectivity index (χ3v) is 4.90. The minimum absolute atomic E-state index is 0.266. The van der Waals surface area contributed by atoms with E-state index < -0.39 is 15.6 Å². The summed E-state index contributed by atoms with van der Waals surface area (Å²) in [6.07, 6.45) is 2.09. The second-order valence-corrected chi connectivity index (χ2v) is 6.83. The Balaban J connectivity index is 2.27. The highest BCUT2D eigenvalue weighted by molar-refractivity contribution is 7.91. The lowest BCUT2D eigenvalue weighted by Crippen LogP contribution is -2.36. The molecule has 0 saturated carbocycles. The second-order valence-electron chi connectivity index (χ2n) is 4.95. The van der Waals surface area contributed by atoms with Crippen molar-refractivity contribution in [3.8, 4) is 0 Å². The summed E-state index contributed by atoms with van der Waals surface area (Å²) >= 11 is 0. The number of rotatable bonds is 5. The zero-order valence-corrected chi connectivity index (χ0v) is 12.0. The molecule has 0 spiro atoms. The van der Waals surface area contributed by atoms with E-state index in [2.05, 4.69) is 5.32 Å². The molecule has 4 nitrogen and oxygen atoms in total. The maximum absolute atomic E-state index is 12.7. The van der Waals surface area contributed by atoms with Crippen LogP contribution < -0.4 is 10.2 Å². The maximum Gasteiger partial charge on any atom is 0.341 e. The lowest BCUT2D eigenvalue weighted by atomic mass is 10.2. The molecule has 20 heavy (non-hydrogen) atoms. The molecule has 1 aromatic rings. The van der Waals surface area contributed by atoms with Crippen LogP contribution in [0.25, 0.3) is 0 Å². The molecule has 1 atom stereocenters. The van der Waals surface area contributed by atoms with Crippen LogP contribution in [0, 0.1) is 0 Å². The summed E-state index contributed by atoms with van der Waals surface area (Å²) in [6, 6.07) is 6.17. The van der Waals surface area contributed by atoms with Gasteiger partial charge in [0, 0.05) is 19.6 Å². The number of anilines is 1. The van der Waals surface area contributed by atoms with Gasteiger partial charge in [0.25, 0.3) is 0 Å². The smallest absolute Gasteiger partial charge is 0.341 e. The van der Waals surface area contributed by atoms with Gasteiger partial charge >= 0.3 is 5.76 Å². The van der Waals surface area contributed by atoms with Gasteiger partial charge in [0.2, 0.25) is 9.84 Å². The molecule has 1 aliphatic heterocycles. The van der Waals surface area contributed by atoms with Gasteiger partial charge in [0.05, 0.1) is 10.6 Å². The van der Waals surface area contributed by atoms with Crippen molar-refractivity contribution in [1.29, 1.82) is 0 Å². The molecule has 2 rings (SSSR count). The van der Waals surface area contributed by atoms with Crippen LogP contribution in [0.3, 0.4) is 0 Å². The maximum atomic E-state index is 12.7. The van der Waals surface area contributed by atoms with Gasteiger partial charge in [-0.3, -0.25) is 0 Å². The second kappa shape index (κ2) is 6.05. The van der Waals surface area contributed by atoms with Crippen LogP contribution in [0.1, 0.15) is 12.8 Å². The molecule has 0 amide bonds. The van der Waals surface area contributed by atoms with Crippen LogP contribution in [-0.2, 0) is 9.84 Å². The third kappa shape index (κ3) is 3.09. The number of para-hydroxylation sites is 1. The van der Waals surface area contributed by atoms with Gasteiger partial charge in [-0.1, -0.05) is 12.1 Å². The molecule has 1 heterocycles. The Bertz CT molecular complexity index is 557. The van der Waals surface area contributed by atoms with Crippen molar-refractivity contribution < 1.29 is 17.2 Å². The summed E-state index contributed by atoms with van der Waals surface area (Å²) in [7, 11) is -2.86. The molecule has 112 valence electrons. The number of hydrogen-bond donors (Lipinski definition) is 1. The average Bonchev–Trinajstić information content (AvgIpc) is 2.91. The van der Waals surface area contributed by atoms with Gasteiger partial charge < -0.3 is 10.2 Å². The Labute approximate surface area is 117 Å². The quantitative estimate of drug-likeness (QED) is 0.902. The molecule has 1 saturated heterocycles. The number of alkyl halides is 2. The Morgan fingerprint density at radius 1 is 1.40 bits per heavy atom. The average molecular weight is 304 g/mol. The highest BCUT2D eigenvalue weighted by atomic mass is 32.2. The van der Waals surface area contributed by atoms with Crippen LogP contribution in [-0.4, -0.2) is 40.4 Å². The number of halogens is 2. The minimum Gasteiger partial charge on any atom is -0.372 e. The Morgan fingerprint density at radius 3 is 2.70 bits per heavy atom. The summed E-state index contributed by atoms with van der Waals surface area (Å²) in [4.78, 5) is 1.41. The van der Waals surface area contributed by atoms with Gasteiger partial charge in [0.15, 0.2) is 0 Å². The third-order valence-electron chi connectivity index (χ3n) is 3.47.